The minimum absolute atomic E-state index is 0.104. The maximum atomic E-state index is 13.1. The van der Waals surface area contributed by atoms with Crippen LogP contribution in [0.4, 0.5) is 14.5 Å². The summed E-state index contributed by atoms with van der Waals surface area (Å²) >= 11 is 0. The molecule has 1 saturated carbocycles. The summed E-state index contributed by atoms with van der Waals surface area (Å²) in [5.74, 6) is -4.28. The third-order valence-electron chi connectivity index (χ3n) is 2.83. The average molecular weight is 299 g/mol. The summed E-state index contributed by atoms with van der Waals surface area (Å²) in [6.07, 6.45) is 1.74. The number of nitro benzene ring substituents is 1. The van der Waals surface area contributed by atoms with Crippen LogP contribution in [0.15, 0.2) is 12.1 Å². The van der Waals surface area contributed by atoms with Crippen LogP contribution in [-0.2, 0) is 4.79 Å². The molecule has 0 spiro atoms. The van der Waals surface area contributed by atoms with Crippen molar-refractivity contribution in [1.29, 1.82) is 0 Å². The van der Waals surface area contributed by atoms with Crippen LogP contribution < -0.4 is 10.6 Å². The van der Waals surface area contributed by atoms with E-state index in [1.165, 1.54) is 0 Å². The normalized spacial score (nSPS) is 13.6. The van der Waals surface area contributed by atoms with Crippen molar-refractivity contribution in [3.05, 3.63) is 39.4 Å². The number of carbonyl (C=O) groups is 2. The molecule has 1 aromatic carbocycles. The molecular weight excluding hydrogens is 288 g/mol. The molecule has 0 aliphatic heterocycles. The van der Waals surface area contributed by atoms with Crippen molar-refractivity contribution >= 4 is 17.5 Å². The molecule has 21 heavy (non-hydrogen) atoms. The molecule has 0 unspecified atom stereocenters. The van der Waals surface area contributed by atoms with Crippen LogP contribution in [0, 0.1) is 21.7 Å². The number of rotatable bonds is 5. The Bertz CT molecular complexity index is 617. The maximum Gasteiger partial charge on any atom is 0.285 e. The van der Waals surface area contributed by atoms with Gasteiger partial charge in [0, 0.05) is 6.04 Å². The summed E-state index contributed by atoms with van der Waals surface area (Å²) in [4.78, 5) is 32.9. The van der Waals surface area contributed by atoms with E-state index in [1.54, 1.807) is 0 Å². The minimum Gasteiger partial charge on any atom is -0.352 e. The van der Waals surface area contributed by atoms with Gasteiger partial charge in [0.05, 0.1) is 17.5 Å². The van der Waals surface area contributed by atoms with Gasteiger partial charge in [0.25, 0.3) is 11.6 Å². The number of halogens is 2. The summed E-state index contributed by atoms with van der Waals surface area (Å²) in [6.45, 7) is -0.397. The van der Waals surface area contributed by atoms with Crippen molar-refractivity contribution in [2.45, 2.75) is 18.9 Å². The molecule has 9 heteroatoms. The third-order valence-corrected chi connectivity index (χ3v) is 2.83. The molecule has 2 N–H and O–H groups in total. The molecule has 1 fully saturated rings. The Labute approximate surface area is 117 Å². The lowest BCUT2D eigenvalue weighted by Gasteiger charge is -2.07. The van der Waals surface area contributed by atoms with Crippen molar-refractivity contribution in [2.24, 2.45) is 0 Å². The Morgan fingerprint density at radius 3 is 2.48 bits per heavy atom. The Kier molecular flexibility index (Phi) is 4.10. The zero-order valence-corrected chi connectivity index (χ0v) is 10.7. The lowest BCUT2D eigenvalue weighted by Crippen LogP contribution is -2.38. The second-order valence-corrected chi connectivity index (χ2v) is 4.57. The van der Waals surface area contributed by atoms with Crippen LogP contribution in [0.5, 0.6) is 0 Å². The largest absolute Gasteiger partial charge is 0.352 e. The zero-order valence-electron chi connectivity index (χ0n) is 10.7. The van der Waals surface area contributed by atoms with Crippen molar-refractivity contribution in [3.63, 3.8) is 0 Å². The van der Waals surface area contributed by atoms with E-state index in [0.717, 1.165) is 12.8 Å². The number of hydrogen-bond donors (Lipinski definition) is 2. The highest BCUT2D eigenvalue weighted by molar-refractivity contribution is 5.99. The second-order valence-electron chi connectivity index (χ2n) is 4.57. The number of benzene rings is 1. The molecule has 0 atom stereocenters. The fourth-order valence-electron chi connectivity index (χ4n) is 1.63. The van der Waals surface area contributed by atoms with Gasteiger partial charge in [-0.15, -0.1) is 0 Å². The maximum absolute atomic E-state index is 13.1. The number of hydrogen-bond acceptors (Lipinski definition) is 4. The monoisotopic (exact) mass is 299 g/mol. The summed E-state index contributed by atoms with van der Waals surface area (Å²) in [5, 5.41) is 15.5. The first kappa shape index (κ1) is 14.8. The van der Waals surface area contributed by atoms with Gasteiger partial charge in [0.1, 0.15) is 5.56 Å². The number of nitrogens with one attached hydrogen (secondary N) is 2. The fraction of sp³-hybridized carbons (Fsp3) is 0.333. The fourth-order valence-corrected chi connectivity index (χ4v) is 1.63. The molecule has 7 nitrogen and oxygen atoms in total. The van der Waals surface area contributed by atoms with Crippen molar-refractivity contribution in [2.75, 3.05) is 6.54 Å². The standard InChI is InChI=1S/C12H11F2N3O4/c13-8-3-7(10(17(20)21)4-9(8)14)12(19)15-5-11(18)16-6-1-2-6/h3-4,6H,1-2,5H2,(H,15,19)(H,16,18). The van der Waals surface area contributed by atoms with E-state index in [2.05, 4.69) is 10.6 Å². The van der Waals surface area contributed by atoms with Gasteiger partial charge in [-0.05, 0) is 18.9 Å². The highest BCUT2D eigenvalue weighted by atomic mass is 19.2. The second kappa shape index (κ2) is 5.81. The molecular formula is C12H11F2N3O4. The number of nitrogens with zero attached hydrogens (tertiary/aromatic N) is 1. The quantitative estimate of drug-likeness (QED) is 0.622. The van der Waals surface area contributed by atoms with Crippen molar-refractivity contribution in [3.8, 4) is 0 Å². The first-order valence-corrected chi connectivity index (χ1v) is 6.09. The molecule has 0 aromatic heterocycles. The van der Waals surface area contributed by atoms with E-state index in [9.17, 15) is 28.5 Å². The predicted octanol–water partition coefficient (Wildman–Crippen LogP) is 0.881. The SMILES string of the molecule is O=C(CNC(=O)c1cc(F)c(F)cc1[N+](=O)[O-])NC1CC1. The van der Waals surface area contributed by atoms with E-state index < -0.39 is 46.2 Å². The van der Waals surface area contributed by atoms with E-state index in [4.69, 9.17) is 0 Å². The smallest absolute Gasteiger partial charge is 0.285 e. The van der Waals surface area contributed by atoms with Crippen LogP contribution in [0.1, 0.15) is 23.2 Å². The van der Waals surface area contributed by atoms with Crippen LogP contribution >= 0.6 is 0 Å². The van der Waals surface area contributed by atoms with Gasteiger partial charge in [0.15, 0.2) is 11.6 Å². The zero-order chi connectivity index (χ0) is 15.6. The molecule has 0 bridgehead atoms. The van der Waals surface area contributed by atoms with Gasteiger partial charge in [-0.25, -0.2) is 8.78 Å². The summed E-state index contributed by atoms with van der Waals surface area (Å²) in [6, 6.07) is 0.864. The first-order chi connectivity index (χ1) is 9.88. The highest BCUT2D eigenvalue weighted by Crippen LogP contribution is 2.22. The average Bonchev–Trinajstić information content (AvgIpc) is 3.22. The molecule has 2 rings (SSSR count). The molecule has 112 valence electrons. The number of amides is 2. The third kappa shape index (κ3) is 3.71. The van der Waals surface area contributed by atoms with Gasteiger partial charge in [-0.1, -0.05) is 0 Å². The highest BCUT2D eigenvalue weighted by Gasteiger charge is 2.26. The van der Waals surface area contributed by atoms with E-state index in [-0.39, 0.29) is 6.04 Å². The van der Waals surface area contributed by atoms with Crippen molar-refractivity contribution < 1.29 is 23.3 Å². The van der Waals surface area contributed by atoms with Gasteiger partial charge in [0.2, 0.25) is 5.91 Å². The van der Waals surface area contributed by atoms with Crippen LogP contribution in [0.2, 0.25) is 0 Å². The predicted molar refractivity (Wildman–Crippen MR) is 66.5 cm³/mol. The molecule has 0 radical (unpaired) electrons. The first-order valence-electron chi connectivity index (χ1n) is 6.09. The van der Waals surface area contributed by atoms with Gasteiger partial charge >= 0.3 is 0 Å². The number of carbonyl (C=O) groups excluding carboxylic acids is 2. The van der Waals surface area contributed by atoms with Crippen molar-refractivity contribution in [1.82, 2.24) is 10.6 Å². The molecule has 0 saturated heterocycles. The Morgan fingerprint density at radius 1 is 1.29 bits per heavy atom. The van der Waals surface area contributed by atoms with E-state index >= 15 is 0 Å². The van der Waals surface area contributed by atoms with Gasteiger partial charge < -0.3 is 10.6 Å². The number of nitro groups is 1. The topological polar surface area (TPSA) is 101 Å². The molecule has 1 aromatic rings. The summed E-state index contributed by atoms with van der Waals surface area (Å²) < 4.78 is 26.1. The van der Waals surface area contributed by atoms with E-state index in [0.29, 0.717) is 12.1 Å². The summed E-state index contributed by atoms with van der Waals surface area (Å²) in [7, 11) is 0. The molecule has 1 aliphatic rings. The Morgan fingerprint density at radius 2 is 1.90 bits per heavy atom. The summed E-state index contributed by atoms with van der Waals surface area (Å²) in [5.41, 5.74) is -1.51. The van der Waals surface area contributed by atoms with Gasteiger partial charge in [-0.3, -0.25) is 19.7 Å². The van der Waals surface area contributed by atoms with E-state index in [1.807, 2.05) is 0 Å². The molecule has 0 heterocycles. The Hall–Kier alpha value is -2.58. The van der Waals surface area contributed by atoms with Crippen LogP contribution in [0.25, 0.3) is 0 Å². The molecule has 2 amide bonds. The molecule has 1 aliphatic carbocycles. The van der Waals surface area contributed by atoms with Gasteiger partial charge in [-0.2, -0.15) is 0 Å². The lowest BCUT2D eigenvalue weighted by atomic mass is 10.1. The Balaban J connectivity index is 2.08. The lowest BCUT2D eigenvalue weighted by molar-refractivity contribution is -0.385. The van der Waals surface area contributed by atoms with Crippen LogP contribution in [0.3, 0.4) is 0 Å². The minimum atomic E-state index is -1.43. The van der Waals surface area contributed by atoms with Crippen LogP contribution in [-0.4, -0.2) is 29.3 Å².